The number of esters is 1. The molecule has 3 nitrogen and oxygen atoms in total. The maximum atomic E-state index is 11.7. The summed E-state index contributed by atoms with van der Waals surface area (Å²) in [6.45, 7) is 6.19. The third-order valence-electron chi connectivity index (χ3n) is 3.71. The summed E-state index contributed by atoms with van der Waals surface area (Å²) in [5, 5.41) is 0. The lowest BCUT2D eigenvalue weighted by atomic mass is 9.80. The highest BCUT2D eigenvalue weighted by Gasteiger charge is 2.48. The maximum absolute atomic E-state index is 11.7. The standard InChI is InChI=1S/C12H21NO2/c1-3-15-11(14)12(2)8-13(9-12)10-6-4-5-7-10/h10H,3-9H2,1-2H3. The quantitative estimate of drug-likeness (QED) is 0.667. The molecule has 0 radical (unpaired) electrons. The van der Waals surface area contributed by atoms with Gasteiger partial charge in [-0.2, -0.15) is 0 Å². The lowest BCUT2D eigenvalue weighted by Crippen LogP contribution is -2.61. The van der Waals surface area contributed by atoms with Crippen molar-refractivity contribution in [3.63, 3.8) is 0 Å². The van der Waals surface area contributed by atoms with E-state index in [0.29, 0.717) is 6.61 Å². The van der Waals surface area contributed by atoms with Gasteiger partial charge in [0, 0.05) is 19.1 Å². The Morgan fingerprint density at radius 3 is 2.53 bits per heavy atom. The Balaban J connectivity index is 1.82. The number of rotatable bonds is 3. The second-order valence-corrected chi connectivity index (χ2v) is 5.12. The van der Waals surface area contributed by atoms with Gasteiger partial charge < -0.3 is 4.74 Å². The average Bonchev–Trinajstić information content (AvgIpc) is 2.65. The number of ether oxygens (including phenoxy) is 1. The monoisotopic (exact) mass is 211 g/mol. The summed E-state index contributed by atoms with van der Waals surface area (Å²) in [4.78, 5) is 14.1. The topological polar surface area (TPSA) is 29.5 Å². The van der Waals surface area contributed by atoms with E-state index in [4.69, 9.17) is 4.74 Å². The lowest BCUT2D eigenvalue weighted by Gasteiger charge is -2.48. The zero-order chi connectivity index (χ0) is 10.9. The molecule has 0 aromatic carbocycles. The molecule has 2 rings (SSSR count). The molecular weight excluding hydrogens is 190 g/mol. The third kappa shape index (κ3) is 2.03. The first-order valence-electron chi connectivity index (χ1n) is 6.07. The van der Waals surface area contributed by atoms with Gasteiger partial charge in [0.15, 0.2) is 0 Å². The molecule has 0 aromatic heterocycles. The van der Waals surface area contributed by atoms with Crippen LogP contribution in [0.2, 0.25) is 0 Å². The van der Waals surface area contributed by atoms with Crippen molar-refractivity contribution < 1.29 is 9.53 Å². The molecule has 0 aromatic rings. The summed E-state index contributed by atoms with van der Waals surface area (Å²) in [5.74, 6) is -0.0146. The number of hydrogen-bond donors (Lipinski definition) is 0. The van der Waals surface area contributed by atoms with Gasteiger partial charge >= 0.3 is 5.97 Å². The molecule has 0 N–H and O–H groups in total. The third-order valence-corrected chi connectivity index (χ3v) is 3.71. The number of nitrogens with zero attached hydrogens (tertiary/aromatic N) is 1. The van der Waals surface area contributed by atoms with Crippen LogP contribution in [0.15, 0.2) is 0 Å². The molecule has 0 spiro atoms. The molecule has 1 aliphatic heterocycles. The zero-order valence-electron chi connectivity index (χ0n) is 9.79. The summed E-state index contributed by atoms with van der Waals surface area (Å²) in [6, 6.07) is 0.743. The Bertz CT molecular complexity index is 240. The molecule has 2 fully saturated rings. The highest BCUT2D eigenvalue weighted by molar-refractivity contribution is 5.78. The Morgan fingerprint density at radius 1 is 1.40 bits per heavy atom. The first-order valence-corrected chi connectivity index (χ1v) is 6.07. The Labute approximate surface area is 91.8 Å². The highest BCUT2D eigenvalue weighted by Crippen LogP contribution is 2.37. The molecule has 86 valence electrons. The van der Waals surface area contributed by atoms with Crippen molar-refractivity contribution in [3.05, 3.63) is 0 Å². The smallest absolute Gasteiger partial charge is 0.314 e. The molecule has 15 heavy (non-hydrogen) atoms. The molecule has 1 heterocycles. The van der Waals surface area contributed by atoms with Crippen LogP contribution in [0, 0.1) is 5.41 Å². The zero-order valence-corrected chi connectivity index (χ0v) is 9.79. The summed E-state index contributed by atoms with van der Waals surface area (Å²) >= 11 is 0. The van der Waals surface area contributed by atoms with E-state index < -0.39 is 0 Å². The first kappa shape index (κ1) is 10.9. The molecule has 1 saturated carbocycles. The van der Waals surface area contributed by atoms with Crippen molar-refractivity contribution in [1.29, 1.82) is 0 Å². The van der Waals surface area contributed by atoms with Crippen LogP contribution in [0.1, 0.15) is 39.5 Å². The van der Waals surface area contributed by atoms with Gasteiger partial charge in [-0.05, 0) is 26.7 Å². The fraction of sp³-hybridized carbons (Fsp3) is 0.917. The Kier molecular flexibility index (Phi) is 3.01. The molecular formula is C12H21NO2. The van der Waals surface area contributed by atoms with Crippen LogP contribution in [0.4, 0.5) is 0 Å². The van der Waals surface area contributed by atoms with Gasteiger partial charge in [0.05, 0.1) is 12.0 Å². The predicted octanol–water partition coefficient (Wildman–Crippen LogP) is 1.81. The molecule has 0 unspecified atom stereocenters. The van der Waals surface area contributed by atoms with Crippen molar-refractivity contribution in [1.82, 2.24) is 4.90 Å². The molecule has 0 amide bonds. The number of carbonyl (C=O) groups is 1. The van der Waals surface area contributed by atoms with E-state index in [9.17, 15) is 4.79 Å². The number of carbonyl (C=O) groups excluding carboxylic acids is 1. The van der Waals surface area contributed by atoms with Crippen molar-refractivity contribution in [3.8, 4) is 0 Å². The van der Waals surface area contributed by atoms with Gasteiger partial charge in [-0.15, -0.1) is 0 Å². The van der Waals surface area contributed by atoms with Gasteiger partial charge in [0.2, 0.25) is 0 Å². The summed E-state index contributed by atoms with van der Waals surface area (Å²) in [6.07, 6.45) is 5.35. The fourth-order valence-electron chi connectivity index (χ4n) is 2.81. The van der Waals surface area contributed by atoms with Gasteiger partial charge in [0.1, 0.15) is 0 Å². The van der Waals surface area contributed by atoms with E-state index in [1.165, 1.54) is 25.7 Å². The SMILES string of the molecule is CCOC(=O)C1(C)CN(C2CCCC2)C1. The van der Waals surface area contributed by atoms with Gasteiger partial charge in [-0.1, -0.05) is 12.8 Å². The van der Waals surface area contributed by atoms with E-state index in [1.807, 2.05) is 13.8 Å². The number of hydrogen-bond acceptors (Lipinski definition) is 3. The van der Waals surface area contributed by atoms with Crippen LogP contribution >= 0.6 is 0 Å². The Morgan fingerprint density at radius 2 is 2.00 bits per heavy atom. The summed E-state index contributed by atoms with van der Waals surface area (Å²) < 4.78 is 5.09. The van der Waals surface area contributed by atoms with Crippen molar-refractivity contribution >= 4 is 5.97 Å². The Hall–Kier alpha value is -0.570. The molecule has 2 aliphatic rings. The van der Waals surface area contributed by atoms with Crippen LogP contribution in [-0.2, 0) is 9.53 Å². The minimum absolute atomic E-state index is 0.0146. The van der Waals surface area contributed by atoms with Gasteiger partial charge in [-0.3, -0.25) is 9.69 Å². The van der Waals surface area contributed by atoms with Crippen LogP contribution < -0.4 is 0 Å². The second-order valence-electron chi connectivity index (χ2n) is 5.12. The largest absolute Gasteiger partial charge is 0.465 e. The van der Waals surface area contributed by atoms with Crippen LogP contribution in [-0.4, -0.2) is 36.6 Å². The van der Waals surface area contributed by atoms with E-state index in [2.05, 4.69) is 4.90 Å². The molecule has 3 heteroatoms. The number of likely N-dealkylation sites (tertiary alicyclic amines) is 1. The van der Waals surface area contributed by atoms with E-state index >= 15 is 0 Å². The van der Waals surface area contributed by atoms with Crippen molar-refractivity contribution in [2.45, 2.75) is 45.6 Å². The van der Waals surface area contributed by atoms with Crippen LogP contribution in [0.3, 0.4) is 0 Å². The second kappa shape index (κ2) is 4.12. The highest BCUT2D eigenvalue weighted by atomic mass is 16.5. The molecule has 1 saturated heterocycles. The fourth-order valence-corrected chi connectivity index (χ4v) is 2.81. The minimum atomic E-state index is -0.224. The summed E-state index contributed by atoms with van der Waals surface area (Å²) in [5.41, 5.74) is -0.224. The van der Waals surface area contributed by atoms with Gasteiger partial charge in [-0.25, -0.2) is 0 Å². The van der Waals surface area contributed by atoms with E-state index in [-0.39, 0.29) is 11.4 Å². The predicted molar refractivity (Wildman–Crippen MR) is 58.6 cm³/mol. The first-order chi connectivity index (χ1) is 7.15. The lowest BCUT2D eigenvalue weighted by molar-refractivity contribution is -0.167. The molecule has 1 aliphatic carbocycles. The normalized spacial score (nSPS) is 26.3. The van der Waals surface area contributed by atoms with Crippen LogP contribution in [0.5, 0.6) is 0 Å². The maximum Gasteiger partial charge on any atom is 0.314 e. The van der Waals surface area contributed by atoms with Crippen molar-refractivity contribution in [2.75, 3.05) is 19.7 Å². The van der Waals surface area contributed by atoms with Crippen LogP contribution in [0.25, 0.3) is 0 Å². The molecule has 0 atom stereocenters. The van der Waals surface area contributed by atoms with Gasteiger partial charge in [0.25, 0.3) is 0 Å². The molecule has 0 bridgehead atoms. The average molecular weight is 211 g/mol. The van der Waals surface area contributed by atoms with E-state index in [1.54, 1.807) is 0 Å². The van der Waals surface area contributed by atoms with E-state index in [0.717, 1.165) is 19.1 Å². The summed E-state index contributed by atoms with van der Waals surface area (Å²) in [7, 11) is 0. The van der Waals surface area contributed by atoms with Crippen molar-refractivity contribution in [2.24, 2.45) is 5.41 Å². The minimum Gasteiger partial charge on any atom is -0.465 e.